The maximum absolute atomic E-state index is 13.1. The van der Waals surface area contributed by atoms with Crippen LogP contribution in [0, 0.1) is 5.82 Å². The molecule has 3 aromatic rings. The number of rotatable bonds is 7. The maximum atomic E-state index is 13.1. The van der Waals surface area contributed by atoms with E-state index in [0.29, 0.717) is 22.7 Å². The molecule has 29 heavy (non-hydrogen) atoms. The third-order valence-electron chi connectivity index (χ3n) is 4.66. The van der Waals surface area contributed by atoms with Crippen LogP contribution in [-0.2, 0) is 21.8 Å². The first kappa shape index (κ1) is 19.2. The highest BCUT2D eigenvalue weighted by Crippen LogP contribution is 2.37. The average Bonchev–Trinajstić information content (AvgIpc) is 3.33. The molecule has 0 N–H and O–H groups in total. The summed E-state index contributed by atoms with van der Waals surface area (Å²) in [6.07, 6.45) is 2.05. The van der Waals surface area contributed by atoms with E-state index < -0.39 is 0 Å². The molecule has 146 valence electrons. The minimum absolute atomic E-state index is 0.241. The Balaban J connectivity index is 1.57. The number of amides is 2. The van der Waals surface area contributed by atoms with E-state index in [4.69, 9.17) is 4.42 Å². The highest BCUT2D eigenvalue weighted by atomic mass is 32.2. The molecular weight excluding hydrogens is 389 g/mol. The van der Waals surface area contributed by atoms with Gasteiger partial charge in [0.05, 0.1) is 22.5 Å². The number of carbonyl (C=O) groups excluding carboxylic acids is 2. The second kappa shape index (κ2) is 8.49. The van der Waals surface area contributed by atoms with E-state index in [-0.39, 0.29) is 24.2 Å². The number of furan rings is 1. The van der Waals surface area contributed by atoms with Gasteiger partial charge in [-0.25, -0.2) is 4.39 Å². The highest BCUT2D eigenvalue weighted by Gasteiger charge is 2.38. The Labute approximate surface area is 172 Å². The molecule has 0 fully saturated rings. The van der Waals surface area contributed by atoms with Crippen LogP contribution in [0.5, 0.6) is 0 Å². The lowest BCUT2D eigenvalue weighted by atomic mass is 10.1. The zero-order valence-electron chi connectivity index (χ0n) is 15.5. The summed E-state index contributed by atoms with van der Waals surface area (Å²) in [5.74, 6) is 0.285. The van der Waals surface area contributed by atoms with Crippen molar-refractivity contribution in [1.82, 2.24) is 4.90 Å². The van der Waals surface area contributed by atoms with Crippen molar-refractivity contribution < 1.29 is 18.4 Å². The standard InChI is InChI=1S/C23H18FNO3S/c24-18-10-8-16(9-11-18)12-13-25-22(26)20(17-5-2-1-3-6-17)21(23(25)27)29-15-19-7-4-14-28-19/h1-11,14H,12-13,15H2. The van der Waals surface area contributed by atoms with Gasteiger partial charge >= 0.3 is 0 Å². The topological polar surface area (TPSA) is 50.5 Å². The van der Waals surface area contributed by atoms with E-state index in [0.717, 1.165) is 16.9 Å². The lowest BCUT2D eigenvalue weighted by Crippen LogP contribution is -2.33. The second-order valence-corrected chi connectivity index (χ2v) is 7.56. The number of hydrogen-bond donors (Lipinski definition) is 0. The van der Waals surface area contributed by atoms with E-state index in [1.54, 1.807) is 24.5 Å². The van der Waals surface area contributed by atoms with E-state index in [2.05, 4.69) is 0 Å². The predicted molar refractivity (Wildman–Crippen MR) is 110 cm³/mol. The minimum atomic E-state index is -0.313. The third kappa shape index (κ3) is 4.17. The fourth-order valence-electron chi connectivity index (χ4n) is 3.18. The van der Waals surface area contributed by atoms with E-state index in [1.165, 1.54) is 28.8 Å². The molecule has 1 aliphatic heterocycles. The van der Waals surface area contributed by atoms with Crippen molar-refractivity contribution in [3.8, 4) is 0 Å². The average molecular weight is 407 g/mol. The Kier molecular flexibility index (Phi) is 5.62. The van der Waals surface area contributed by atoms with Gasteiger partial charge in [-0.05, 0) is 41.8 Å². The normalized spacial score (nSPS) is 14.2. The molecule has 1 aliphatic rings. The lowest BCUT2D eigenvalue weighted by molar-refractivity contribution is -0.136. The van der Waals surface area contributed by atoms with Gasteiger partial charge in [0, 0.05) is 6.54 Å². The van der Waals surface area contributed by atoms with Gasteiger partial charge in [-0.3, -0.25) is 14.5 Å². The summed E-state index contributed by atoms with van der Waals surface area (Å²) >= 11 is 1.31. The molecule has 0 bridgehead atoms. The molecule has 2 heterocycles. The molecule has 2 aromatic carbocycles. The molecule has 0 aliphatic carbocycles. The minimum Gasteiger partial charge on any atom is -0.468 e. The van der Waals surface area contributed by atoms with E-state index in [1.807, 2.05) is 36.4 Å². The Hall–Kier alpha value is -3.12. The number of imide groups is 1. The smallest absolute Gasteiger partial charge is 0.268 e. The molecule has 0 spiro atoms. The van der Waals surface area contributed by atoms with Crippen LogP contribution in [0.2, 0.25) is 0 Å². The van der Waals surface area contributed by atoms with Crippen molar-refractivity contribution in [2.24, 2.45) is 0 Å². The van der Waals surface area contributed by atoms with Crippen LogP contribution in [0.15, 0.2) is 82.3 Å². The molecule has 2 amide bonds. The van der Waals surface area contributed by atoms with Crippen LogP contribution in [-0.4, -0.2) is 23.3 Å². The van der Waals surface area contributed by atoms with Crippen molar-refractivity contribution in [2.75, 3.05) is 6.54 Å². The van der Waals surface area contributed by atoms with Crippen molar-refractivity contribution in [2.45, 2.75) is 12.2 Å². The first-order valence-electron chi connectivity index (χ1n) is 9.19. The summed E-state index contributed by atoms with van der Waals surface area (Å²) < 4.78 is 18.5. The van der Waals surface area contributed by atoms with Gasteiger partial charge in [0.1, 0.15) is 11.6 Å². The number of benzene rings is 2. The van der Waals surface area contributed by atoms with Crippen molar-refractivity contribution in [3.63, 3.8) is 0 Å². The van der Waals surface area contributed by atoms with Gasteiger partial charge in [0.25, 0.3) is 11.8 Å². The Morgan fingerprint density at radius 1 is 0.897 bits per heavy atom. The summed E-state index contributed by atoms with van der Waals surface area (Å²) in [5.41, 5.74) is 2.01. The lowest BCUT2D eigenvalue weighted by Gasteiger charge is -2.15. The monoisotopic (exact) mass is 407 g/mol. The van der Waals surface area contributed by atoms with Gasteiger partial charge in [0.2, 0.25) is 0 Å². The molecule has 6 heteroatoms. The molecule has 4 nitrogen and oxygen atoms in total. The van der Waals surface area contributed by atoms with E-state index in [9.17, 15) is 14.0 Å². The molecule has 1 aromatic heterocycles. The number of nitrogens with zero attached hydrogens (tertiary/aromatic N) is 1. The predicted octanol–water partition coefficient (Wildman–Crippen LogP) is 4.67. The molecule has 4 rings (SSSR count). The van der Waals surface area contributed by atoms with Crippen molar-refractivity contribution >= 4 is 29.1 Å². The second-order valence-electron chi connectivity index (χ2n) is 6.58. The third-order valence-corrected chi connectivity index (χ3v) is 5.76. The van der Waals surface area contributed by atoms with Crippen molar-refractivity contribution in [3.05, 3.63) is 101 Å². The first-order valence-corrected chi connectivity index (χ1v) is 10.2. The Morgan fingerprint density at radius 2 is 1.66 bits per heavy atom. The van der Waals surface area contributed by atoms with Gasteiger partial charge in [-0.15, -0.1) is 11.8 Å². The van der Waals surface area contributed by atoms with Gasteiger partial charge in [0.15, 0.2) is 0 Å². The number of halogens is 1. The molecule has 0 atom stereocenters. The fraction of sp³-hybridized carbons (Fsp3) is 0.130. The maximum Gasteiger partial charge on any atom is 0.268 e. The molecule has 0 unspecified atom stereocenters. The number of thioether (sulfide) groups is 1. The molecule has 0 radical (unpaired) electrons. The zero-order valence-corrected chi connectivity index (χ0v) is 16.3. The first-order chi connectivity index (χ1) is 14.1. The van der Waals surface area contributed by atoms with Gasteiger partial charge in [-0.2, -0.15) is 0 Å². The fourth-order valence-corrected chi connectivity index (χ4v) is 4.21. The van der Waals surface area contributed by atoms with Crippen LogP contribution in [0.1, 0.15) is 16.9 Å². The van der Waals surface area contributed by atoms with Crippen LogP contribution < -0.4 is 0 Å². The summed E-state index contributed by atoms with van der Waals surface area (Å²) in [6, 6.07) is 18.9. The summed E-state index contributed by atoms with van der Waals surface area (Å²) in [4.78, 5) is 27.9. The number of carbonyl (C=O) groups is 2. The zero-order chi connectivity index (χ0) is 20.2. The largest absolute Gasteiger partial charge is 0.468 e. The molecule has 0 saturated heterocycles. The van der Waals surface area contributed by atoms with Crippen LogP contribution in [0.4, 0.5) is 4.39 Å². The van der Waals surface area contributed by atoms with Gasteiger partial charge < -0.3 is 4.42 Å². The highest BCUT2D eigenvalue weighted by molar-refractivity contribution is 8.03. The SMILES string of the molecule is O=C1C(SCc2ccco2)=C(c2ccccc2)C(=O)N1CCc1ccc(F)cc1. The summed E-state index contributed by atoms with van der Waals surface area (Å²) in [7, 11) is 0. The van der Waals surface area contributed by atoms with E-state index >= 15 is 0 Å². The summed E-state index contributed by atoms with van der Waals surface area (Å²) in [5, 5.41) is 0. The van der Waals surface area contributed by atoms with Crippen LogP contribution >= 0.6 is 11.8 Å². The van der Waals surface area contributed by atoms with Crippen molar-refractivity contribution in [1.29, 1.82) is 0 Å². The van der Waals surface area contributed by atoms with Crippen LogP contribution in [0.3, 0.4) is 0 Å². The Morgan fingerprint density at radius 3 is 2.34 bits per heavy atom. The number of hydrogen-bond acceptors (Lipinski definition) is 4. The molecule has 0 saturated carbocycles. The molecular formula is C23H18FNO3S. The van der Waals surface area contributed by atoms with Crippen LogP contribution in [0.25, 0.3) is 5.57 Å². The summed E-state index contributed by atoms with van der Waals surface area (Å²) in [6.45, 7) is 0.241. The Bertz CT molecular complexity index is 1040. The van der Waals surface area contributed by atoms with Gasteiger partial charge in [-0.1, -0.05) is 42.5 Å². The quantitative estimate of drug-likeness (QED) is 0.534.